The van der Waals surface area contributed by atoms with E-state index in [0.717, 1.165) is 0 Å². The number of aromatic nitrogens is 1. The molecule has 3 heteroatoms. The van der Waals surface area contributed by atoms with Crippen LogP contribution in [0.15, 0.2) is 18.5 Å². The van der Waals surface area contributed by atoms with Gasteiger partial charge in [-0.05, 0) is 19.9 Å². The number of ether oxygens (including phenoxy) is 1. The van der Waals surface area contributed by atoms with Crippen molar-refractivity contribution in [3.05, 3.63) is 24.0 Å². The summed E-state index contributed by atoms with van der Waals surface area (Å²) in [6, 6.07) is 1.75. The average molecular weight is 207 g/mol. The van der Waals surface area contributed by atoms with Gasteiger partial charge >= 0.3 is 0 Å². The summed E-state index contributed by atoms with van der Waals surface area (Å²) in [5.74, 6) is 0.731. The molecular weight excluding hydrogens is 190 g/mol. The molecule has 0 spiro atoms. The molecule has 82 valence electrons. The highest BCUT2D eigenvalue weighted by atomic mass is 16.5. The molecule has 1 heterocycles. The minimum atomic E-state index is -0.0129. The van der Waals surface area contributed by atoms with Crippen LogP contribution in [0.5, 0.6) is 5.75 Å². The highest BCUT2D eigenvalue weighted by Gasteiger charge is 2.11. The Kier molecular flexibility index (Phi) is 3.83. The molecule has 0 bridgehead atoms. The Labute approximate surface area is 90.5 Å². The van der Waals surface area contributed by atoms with Gasteiger partial charge in [-0.3, -0.25) is 9.78 Å². The van der Waals surface area contributed by atoms with E-state index in [4.69, 9.17) is 4.74 Å². The molecule has 0 saturated carbocycles. The molecule has 3 nitrogen and oxygen atoms in total. The first-order valence-corrected chi connectivity index (χ1v) is 5.16. The zero-order valence-electron chi connectivity index (χ0n) is 9.65. The highest BCUT2D eigenvalue weighted by Crippen LogP contribution is 2.15. The van der Waals surface area contributed by atoms with Gasteiger partial charge in [0, 0.05) is 17.7 Å². The van der Waals surface area contributed by atoms with Gasteiger partial charge in [0.15, 0.2) is 5.78 Å². The molecular formula is C12H17NO2. The summed E-state index contributed by atoms with van der Waals surface area (Å²) in [6.45, 7) is 7.63. The first-order valence-electron chi connectivity index (χ1n) is 5.16. The number of rotatable bonds is 4. The van der Waals surface area contributed by atoms with Crippen molar-refractivity contribution < 1.29 is 9.53 Å². The number of carbonyl (C=O) groups is 1. The van der Waals surface area contributed by atoms with Crippen molar-refractivity contribution in [1.82, 2.24) is 4.98 Å². The standard InChI is InChI=1S/C12H17NO2/c1-8(2)12(14)10-5-11(7-13-6-10)15-9(3)4/h5-9H,1-4H3. The van der Waals surface area contributed by atoms with Crippen LogP contribution in [0.2, 0.25) is 0 Å². The van der Waals surface area contributed by atoms with Crippen molar-refractivity contribution in [1.29, 1.82) is 0 Å². The van der Waals surface area contributed by atoms with E-state index in [1.807, 2.05) is 27.7 Å². The fourth-order valence-corrected chi connectivity index (χ4v) is 1.22. The molecule has 0 amide bonds. The van der Waals surface area contributed by atoms with E-state index in [9.17, 15) is 4.79 Å². The molecule has 0 aliphatic rings. The number of hydrogen-bond acceptors (Lipinski definition) is 3. The van der Waals surface area contributed by atoms with Gasteiger partial charge in [-0.25, -0.2) is 0 Å². The summed E-state index contributed by atoms with van der Waals surface area (Å²) in [6.07, 6.45) is 3.29. The monoisotopic (exact) mass is 207 g/mol. The van der Waals surface area contributed by atoms with Crippen molar-refractivity contribution in [3.63, 3.8) is 0 Å². The van der Waals surface area contributed by atoms with Crippen LogP contribution in [-0.4, -0.2) is 16.9 Å². The lowest BCUT2D eigenvalue weighted by molar-refractivity contribution is 0.0938. The maximum absolute atomic E-state index is 11.7. The van der Waals surface area contributed by atoms with Gasteiger partial charge in [0.05, 0.1) is 12.3 Å². The minimum Gasteiger partial charge on any atom is -0.489 e. The third-order valence-electron chi connectivity index (χ3n) is 1.89. The van der Waals surface area contributed by atoms with Crippen molar-refractivity contribution in [2.24, 2.45) is 5.92 Å². The van der Waals surface area contributed by atoms with Crippen LogP contribution in [0.4, 0.5) is 0 Å². The topological polar surface area (TPSA) is 39.2 Å². The van der Waals surface area contributed by atoms with Crippen molar-refractivity contribution in [3.8, 4) is 5.75 Å². The molecule has 0 unspecified atom stereocenters. The maximum Gasteiger partial charge on any atom is 0.167 e. The minimum absolute atomic E-state index is 0.0129. The van der Waals surface area contributed by atoms with Crippen molar-refractivity contribution in [2.75, 3.05) is 0 Å². The zero-order valence-corrected chi connectivity index (χ0v) is 9.65. The van der Waals surface area contributed by atoms with Crippen molar-refractivity contribution >= 4 is 5.78 Å². The third-order valence-corrected chi connectivity index (χ3v) is 1.89. The van der Waals surface area contributed by atoms with E-state index >= 15 is 0 Å². The summed E-state index contributed by atoms with van der Waals surface area (Å²) in [4.78, 5) is 15.7. The third kappa shape index (κ3) is 3.35. The molecule has 1 rings (SSSR count). The first-order chi connectivity index (χ1) is 7.00. The molecule has 0 fully saturated rings. The summed E-state index contributed by atoms with van der Waals surface area (Å²) in [7, 11) is 0. The lowest BCUT2D eigenvalue weighted by atomic mass is 10.0. The van der Waals surface area contributed by atoms with Gasteiger partial charge < -0.3 is 4.74 Å². The molecule has 1 aromatic heterocycles. The van der Waals surface area contributed by atoms with E-state index in [0.29, 0.717) is 11.3 Å². The Balaban J connectivity index is 2.87. The molecule has 0 aliphatic heterocycles. The predicted molar refractivity (Wildman–Crippen MR) is 59.2 cm³/mol. The SMILES string of the molecule is CC(C)Oc1cncc(C(=O)C(C)C)c1. The second kappa shape index (κ2) is 4.91. The Morgan fingerprint density at radius 1 is 1.27 bits per heavy atom. The van der Waals surface area contributed by atoms with E-state index < -0.39 is 0 Å². The molecule has 0 saturated heterocycles. The van der Waals surface area contributed by atoms with Crippen LogP contribution in [0.25, 0.3) is 0 Å². The number of ketones is 1. The summed E-state index contributed by atoms with van der Waals surface area (Å²) < 4.78 is 5.47. The molecule has 15 heavy (non-hydrogen) atoms. The quantitative estimate of drug-likeness (QED) is 0.712. The number of carbonyl (C=O) groups excluding carboxylic acids is 1. The number of pyridine rings is 1. The lowest BCUT2D eigenvalue weighted by Crippen LogP contribution is -2.10. The van der Waals surface area contributed by atoms with Gasteiger partial charge in [0.25, 0.3) is 0 Å². The molecule has 1 aromatic rings. The average Bonchev–Trinajstić information content (AvgIpc) is 2.16. The number of hydrogen-bond donors (Lipinski definition) is 0. The van der Waals surface area contributed by atoms with Crippen LogP contribution < -0.4 is 4.74 Å². The smallest absolute Gasteiger partial charge is 0.167 e. The Morgan fingerprint density at radius 3 is 2.47 bits per heavy atom. The second-order valence-corrected chi connectivity index (χ2v) is 4.09. The molecule has 0 aromatic carbocycles. The van der Waals surface area contributed by atoms with Crippen LogP contribution >= 0.6 is 0 Å². The molecule has 0 atom stereocenters. The maximum atomic E-state index is 11.7. The molecule has 0 radical (unpaired) electrons. The van der Waals surface area contributed by atoms with Crippen molar-refractivity contribution in [2.45, 2.75) is 33.8 Å². The van der Waals surface area contributed by atoms with Gasteiger partial charge in [0.2, 0.25) is 0 Å². The van der Waals surface area contributed by atoms with E-state index in [1.54, 1.807) is 18.5 Å². The highest BCUT2D eigenvalue weighted by molar-refractivity contribution is 5.97. The number of nitrogens with zero attached hydrogens (tertiary/aromatic N) is 1. The number of Topliss-reactive ketones (excluding diaryl/α,β-unsaturated/α-hetero) is 1. The fraction of sp³-hybridized carbons (Fsp3) is 0.500. The molecule has 0 aliphatic carbocycles. The molecule has 0 N–H and O–H groups in total. The Morgan fingerprint density at radius 2 is 1.93 bits per heavy atom. The van der Waals surface area contributed by atoms with Gasteiger partial charge in [-0.1, -0.05) is 13.8 Å². The summed E-state index contributed by atoms with van der Waals surface area (Å²) in [5.41, 5.74) is 0.614. The zero-order chi connectivity index (χ0) is 11.4. The normalized spacial score (nSPS) is 10.8. The van der Waals surface area contributed by atoms with E-state index in [-0.39, 0.29) is 17.8 Å². The van der Waals surface area contributed by atoms with Crippen LogP contribution in [0.3, 0.4) is 0 Å². The van der Waals surface area contributed by atoms with Gasteiger partial charge in [0.1, 0.15) is 5.75 Å². The van der Waals surface area contributed by atoms with Gasteiger partial charge in [-0.2, -0.15) is 0 Å². The first kappa shape index (κ1) is 11.7. The predicted octanol–water partition coefficient (Wildman–Crippen LogP) is 2.71. The summed E-state index contributed by atoms with van der Waals surface area (Å²) in [5, 5.41) is 0. The second-order valence-electron chi connectivity index (χ2n) is 4.09. The fourth-order valence-electron chi connectivity index (χ4n) is 1.22. The Hall–Kier alpha value is -1.38. The van der Waals surface area contributed by atoms with E-state index in [2.05, 4.69) is 4.98 Å². The largest absolute Gasteiger partial charge is 0.489 e. The Bertz CT molecular complexity index is 345. The van der Waals surface area contributed by atoms with E-state index in [1.165, 1.54) is 0 Å². The summed E-state index contributed by atoms with van der Waals surface area (Å²) >= 11 is 0. The van der Waals surface area contributed by atoms with Gasteiger partial charge in [-0.15, -0.1) is 0 Å². The van der Waals surface area contributed by atoms with Crippen LogP contribution in [0.1, 0.15) is 38.1 Å². The lowest BCUT2D eigenvalue weighted by Gasteiger charge is -2.10. The van der Waals surface area contributed by atoms with Crippen LogP contribution in [0, 0.1) is 5.92 Å². The van der Waals surface area contributed by atoms with Crippen LogP contribution in [-0.2, 0) is 0 Å².